The van der Waals surface area contributed by atoms with Crippen LogP contribution in [0.5, 0.6) is 0 Å². The number of benzene rings is 1. The van der Waals surface area contributed by atoms with Crippen LogP contribution < -0.4 is 5.32 Å². The SMILES string of the molecule is Cc1cccc(-c2cn3c(n2)CNCC3)c1. The van der Waals surface area contributed by atoms with Gasteiger partial charge in [-0.2, -0.15) is 0 Å². The second-order valence-electron chi connectivity index (χ2n) is 4.28. The number of nitrogens with zero attached hydrogens (tertiary/aromatic N) is 2. The average molecular weight is 213 g/mol. The second-order valence-corrected chi connectivity index (χ2v) is 4.28. The molecule has 0 saturated carbocycles. The minimum Gasteiger partial charge on any atom is -0.332 e. The van der Waals surface area contributed by atoms with E-state index < -0.39 is 0 Å². The Morgan fingerprint density at radius 2 is 2.31 bits per heavy atom. The largest absolute Gasteiger partial charge is 0.332 e. The highest BCUT2D eigenvalue weighted by molar-refractivity contribution is 5.59. The number of nitrogens with one attached hydrogen (secondary N) is 1. The molecular weight excluding hydrogens is 198 g/mol. The lowest BCUT2D eigenvalue weighted by molar-refractivity contribution is 0.505. The third kappa shape index (κ3) is 1.63. The van der Waals surface area contributed by atoms with Gasteiger partial charge in [-0.05, 0) is 13.0 Å². The Kier molecular flexibility index (Phi) is 2.26. The summed E-state index contributed by atoms with van der Waals surface area (Å²) < 4.78 is 2.24. The Morgan fingerprint density at radius 1 is 1.38 bits per heavy atom. The van der Waals surface area contributed by atoms with Crippen LogP contribution in [0, 0.1) is 6.92 Å². The van der Waals surface area contributed by atoms with Crippen molar-refractivity contribution in [3.05, 3.63) is 41.9 Å². The molecule has 1 aromatic heterocycles. The summed E-state index contributed by atoms with van der Waals surface area (Å²) >= 11 is 0. The van der Waals surface area contributed by atoms with Crippen molar-refractivity contribution in [3.8, 4) is 11.3 Å². The lowest BCUT2D eigenvalue weighted by Crippen LogP contribution is -2.27. The molecule has 3 heteroatoms. The van der Waals surface area contributed by atoms with Crippen LogP contribution in [0.1, 0.15) is 11.4 Å². The zero-order valence-electron chi connectivity index (χ0n) is 9.40. The summed E-state index contributed by atoms with van der Waals surface area (Å²) in [6.45, 7) is 5.05. The van der Waals surface area contributed by atoms with E-state index in [1.165, 1.54) is 11.1 Å². The summed E-state index contributed by atoms with van der Waals surface area (Å²) in [5.74, 6) is 1.14. The van der Waals surface area contributed by atoms with Crippen LogP contribution in [0.3, 0.4) is 0 Å². The van der Waals surface area contributed by atoms with Crippen molar-refractivity contribution in [2.24, 2.45) is 0 Å². The Bertz CT molecular complexity index is 490. The third-order valence-corrected chi connectivity index (χ3v) is 2.99. The van der Waals surface area contributed by atoms with Crippen molar-refractivity contribution >= 4 is 0 Å². The molecule has 1 aliphatic heterocycles. The van der Waals surface area contributed by atoms with Gasteiger partial charge >= 0.3 is 0 Å². The van der Waals surface area contributed by atoms with E-state index in [2.05, 4.69) is 52.3 Å². The third-order valence-electron chi connectivity index (χ3n) is 2.99. The molecule has 82 valence electrons. The van der Waals surface area contributed by atoms with Crippen LogP contribution in [0.15, 0.2) is 30.5 Å². The maximum atomic E-state index is 4.66. The van der Waals surface area contributed by atoms with Gasteiger partial charge in [0, 0.05) is 24.8 Å². The number of rotatable bonds is 1. The van der Waals surface area contributed by atoms with E-state index in [0.717, 1.165) is 31.2 Å². The summed E-state index contributed by atoms with van der Waals surface area (Å²) in [5, 5.41) is 3.33. The summed E-state index contributed by atoms with van der Waals surface area (Å²) in [4.78, 5) is 4.66. The van der Waals surface area contributed by atoms with E-state index >= 15 is 0 Å². The molecule has 16 heavy (non-hydrogen) atoms. The van der Waals surface area contributed by atoms with Gasteiger partial charge in [0.1, 0.15) is 5.82 Å². The highest BCUT2D eigenvalue weighted by Crippen LogP contribution is 2.20. The maximum Gasteiger partial charge on any atom is 0.123 e. The lowest BCUT2D eigenvalue weighted by Gasteiger charge is -2.13. The van der Waals surface area contributed by atoms with E-state index in [9.17, 15) is 0 Å². The van der Waals surface area contributed by atoms with E-state index in [-0.39, 0.29) is 0 Å². The molecule has 0 spiro atoms. The predicted octanol–water partition coefficient (Wildman–Crippen LogP) is 1.96. The van der Waals surface area contributed by atoms with E-state index in [4.69, 9.17) is 0 Å². The quantitative estimate of drug-likeness (QED) is 0.784. The van der Waals surface area contributed by atoms with Gasteiger partial charge in [0.2, 0.25) is 0 Å². The Morgan fingerprint density at radius 3 is 3.12 bits per heavy atom. The number of hydrogen-bond acceptors (Lipinski definition) is 2. The first-order valence-electron chi connectivity index (χ1n) is 5.67. The van der Waals surface area contributed by atoms with Crippen molar-refractivity contribution in [2.75, 3.05) is 6.54 Å². The standard InChI is InChI=1S/C13H15N3/c1-10-3-2-4-11(7-10)12-9-16-6-5-14-8-13(16)15-12/h2-4,7,9,14H,5-6,8H2,1H3. The fraction of sp³-hybridized carbons (Fsp3) is 0.308. The van der Waals surface area contributed by atoms with Crippen molar-refractivity contribution in [1.82, 2.24) is 14.9 Å². The zero-order valence-corrected chi connectivity index (χ0v) is 9.40. The molecule has 3 rings (SSSR count). The number of imidazole rings is 1. The second kappa shape index (κ2) is 3.76. The molecule has 2 heterocycles. The van der Waals surface area contributed by atoms with Crippen LogP contribution in [-0.2, 0) is 13.1 Å². The molecule has 0 fully saturated rings. The predicted molar refractivity (Wildman–Crippen MR) is 64.1 cm³/mol. The zero-order chi connectivity index (χ0) is 11.0. The number of fused-ring (bicyclic) bond motifs is 1. The number of aromatic nitrogens is 2. The molecule has 0 bridgehead atoms. The van der Waals surface area contributed by atoms with Crippen molar-refractivity contribution < 1.29 is 0 Å². The minimum absolute atomic E-state index is 0.881. The Hall–Kier alpha value is -1.61. The lowest BCUT2D eigenvalue weighted by atomic mass is 10.1. The van der Waals surface area contributed by atoms with Crippen LogP contribution >= 0.6 is 0 Å². The summed E-state index contributed by atoms with van der Waals surface area (Å²) in [6, 6.07) is 8.50. The van der Waals surface area contributed by atoms with Crippen molar-refractivity contribution in [1.29, 1.82) is 0 Å². The number of aryl methyl sites for hydroxylation is 1. The molecule has 0 radical (unpaired) electrons. The Labute approximate surface area is 95.1 Å². The van der Waals surface area contributed by atoms with Gasteiger partial charge in [-0.15, -0.1) is 0 Å². The van der Waals surface area contributed by atoms with Crippen molar-refractivity contribution in [2.45, 2.75) is 20.0 Å². The molecule has 0 amide bonds. The number of hydrogen-bond donors (Lipinski definition) is 1. The molecule has 0 aliphatic carbocycles. The van der Waals surface area contributed by atoms with Gasteiger partial charge in [-0.25, -0.2) is 4.98 Å². The first kappa shape index (κ1) is 9.60. The summed E-state index contributed by atoms with van der Waals surface area (Å²) in [7, 11) is 0. The minimum atomic E-state index is 0.881. The molecule has 0 unspecified atom stereocenters. The van der Waals surface area contributed by atoms with E-state index in [1.54, 1.807) is 0 Å². The van der Waals surface area contributed by atoms with E-state index in [0.29, 0.717) is 0 Å². The van der Waals surface area contributed by atoms with Gasteiger partial charge in [0.15, 0.2) is 0 Å². The average Bonchev–Trinajstić information content (AvgIpc) is 2.72. The first-order chi connectivity index (χ1) is 7.83. The van der Waals surface area contributed by atoms with E-state index in [1.807, 2.05) is 0 Å². The molecule has 3 nitrogen and oxygen atoms in total. The molecule has 0 saturated heterocycles. The molecular formula is C13H15N3. The highest BCUT2D eigenvalue weighted by atomic mass is 15.1. The molecule has 1 aliphatic rings. The molecule has 0 atom stereocenters. The van der Waals surface area contributed by atoms with Crippen LogP contribution in [0.2, 0.25) is 0 Å². The van der Waals surface area contributed by atoms with Gasteiger partial charge in [-0.1, -0.05) is 23.8 Å². The van der Waals surface area contributed by atoms with Crippen LogP contribution in [-0.4, -0.2) is 16.1 Å². The Balaban J connectivity index is 2.03. The maximum absolute atomic E-state index is 4.66. The van der Waals surface area contributed by atoms with Crippen molar-refractivity contribution in [3.63, 3.8) is 0 Å². The normalized spacial score (nSPS) is 14.8. The smallest absolute Gasteiger partial charge is 0.123 e. The summed E-state index contributed by atoms with van der Waals surface area (Å²) in [6.07, 6.45) is 2.16. The summed E-state index contributed by atoms with van der Waals surface area (Å²) in [5.41, 5.74) is 3.57. The van der Waals surface area contributed by atoms with Gasteiger partial charge < -0.3 is 9.88 Å². The highest BCUT2D eigenvalue weighted by Gasteiger charge is 2.12. The first-order valence-corrected chi connectivity index (χ1v) is 5.67. The van der Waals surface area contributed by atoms with Gasteiger partial charge in [0.25, 0.3) is 0 Å². The molecule has 1 N–H and O–H groups in total. The van der Waals surface area contributed by atoms with Crippen LogP contribution in [0.25, 0.3) is 11.3 Å². The van der Waals surface area contributed by atoms with Crippen LogP contribution in [0.4, 0.5) is 0 Å². The molecule has 1 aromatic carbocycles. The van der Waals surface area contributed by atoms with Gasteiger partial charge in [0.05, 0.1) is 12.2 Å². The topological polar surface area (TPSA) is 29.9 Å². The molecule has 2 aromatic rings. The monoisotopic (exact) mass is 213 g/mol. The fourth-order valence-electron chi connectivity index (χ4n) is 2.13. The fourth-order valence-corrected chi connectivity index (χ4v) is 2.13. The van der Waals surface area contributed by atoms with Gasteiger partial charge in [-0.3, -0.25) is 0 Å².